The molecule has 0 aliphatic carbocycles. The third kappa shape index (κ3) is 3.77. The van der Waals surface area contributed by atoms with E-state index < -0.39 is 0 Å². The number of nitrogens with zero attached hydrogens (tertiary/aromatic N) is 1. The molecule has 126 valence electrons. The minimum absolute atomic E-state index is 0.316. The van der Waals surface area contributed by atoms with E-state index in [2.05, 4.69) is 10.3 Å². The van der Waals surface area contributed by atoms with Crippen molar-refractivity contribution in [3.05, 3.63) is 57.6 Å². The Morgan fingerprint density at radius 2 is 2.08 bits per heavy atom. The number of para-hydroxylation sites is 1. The molecule has 2 aromatic rings. The van der Waals surface area contributed by atoms with Crippen molar-refractivity contribution in [3.8, 4) is 11.5 Å². The fourth-order valence-corrected chi connectivity index (χ4v) is 2.98. The quantitative estimate of drug-likeness (QED) is 0.858. The third-order valence-electron chi connectivity index (χ3n) is 3.74. The molecule has 0 saturated heterocycles. The van der Waals surface area contributed by atoms with Crippen molar-refractivity contribution in [2.24, 2.45) is 4.99 Å². The summed E-state index contributed by atoms with van der Waals surface area (Å²) in [5.74, 6) is 2.14. The Balaban J connectivity index is 1.89. The molecule has 0 atom stereocenters. The summed E-state index contributed by atoms with van der Waals surface area (Å²) in [6.45, 7) is 2.02. The SMILES string of the molecule is COc1cccc(C2=NCCCN2)c1OCc1ccc(Cl)cc1Cl. The summed E-state index contributed by atoms with van der Waals surface area (Å²) < 4.78 is 11.5. The molecule has 24 heavy (non-hydrogen) atoms. The van der Waals surface area contributed by atoms with Crippen molar-refractivity contribution in [1.82, 2.24) is 5.32 Å². The number of amidine groups is 1. The lowest BCUT2D eigenvalue weighted by Crippen LogP contribution is -2.30. The molecule has 6 heteroatoms. The molecule has 2 aromatic carbocycles. The van der Waals surface area contributed by atoms with Gasteiger partial charge >= 0.3 is 0 Å². The number of aliphatic imine (C=N–C) groups is 1. The molecular weight excluding hydrogens is 347 g/mol. The minimum atomic E-state index is 0.316. The number of hydrogen-bond acceptors (Lipinski definition) is 4. The lowest BCUT2D eigenvalue weighted by molar-refractivity contribution is 0.284. The maximum Gasteiger partial charge on any atom is 0.172 e. The molecule has 0 bridgehead atoms. The highest BCUT2D eigenvalue weighted by molar-refractivity contribution is 6.35. The molecule has 0 amide bonds. The predicted molar refractivity (Wildman–Crippen MR) is 97.8 cm³/mol. The Morgan fingerprint density at radius 3 is 2.79 bits per heavy atom. The van der Waals surface area contributed by atoms with Crippen LogP contribution in [0.2, 0.25) is 10.0 Å². The van der Waals surface area contributed by atoms with E-state index in [9.17, 15) is 0 Å². The van der Waals surface area contributed by atoms with E-state index >= 15 is 0 Å². The van der Waals surface area contributed by atoms with Crippen LogP contribution in [0, 0.1) is 0 Å². The van der Waals surface area contributed by atoms with E-state index in [1.165, 1.54) is 0 Å². The molecule has 1 N–H and O–H groups in total. The summed E-state index contributed by atoms with van der Waals surface area (Å²) in [5.41, 5.74) is 1.75. The van der Waals surface area contributed by atoms with Gasteiger partial charge in [-0.1, -0.05) is 35.3 Å². The number of rotatable bonds is 5. The normalized spacial score (nSPS) is 13.9. The van der Waals surface area contributed by atoms with Crippen LogP contribution in [0.1, 0.15) is 17.5 Å². The average molecular weight is 365 g/mol. The Morgan fingerprint density at radius 1 is 1.21 bits per heavy atom. The first-order chi connectivity index (χ1) is 11.7. The second kappa shape index (κ2) is 7.77. The van der Waals surface area contributed by atoms with Gasteiger partial charge in [0.25, 0.3) is 0 Å². The van der Waals surface area contributed by atoms with Gasteiger partial charge in [0.05, 0.1) is 12.7 Å². The molecular formula is C18H18Cl2N2O2. The zero-order valence-corrected chi connectivity index (χ0v) is 14.8. The second-order valence-electron chi connectivity index (χ2n) is 5.37. The van der Waals surface area contributed by atoms with Gasteiger partial charge in [-0.15, -0.1) is 0 Å². The summed E-state index contributed by atoms with van der Waals surface area (Å²) >= 11 is 12.2. The fourth-order valence-electron chi connectivity index (χ4n) is 2.51. The van der Waals surface area contributed by atoms with Crippen molar-refractivity contribution in [2.75, 3.05) is 20.2 Å². The molecule has 1 aliphatic rings. The van der Waals surface area contributed by atoms with E-state index in [0.29, 0.717) is 28.2 Å². The van der Waals surface area contributed by atoms with Crippen molar-refractivity contribution in [2.45, 2.75) is 13.0 Å². The zero-order chi connectivity index (χ0) is 16.9. The highest BCUT2D eigenvalue weighted by Crippen LogP contribution is 2.33. The first-order valence-electron chi connectivity index (χ1n) is 7.71. The highest BCUT2D eigenvalue weighted by atomic mass is 35.5. The van der Waals surface area contributed by atoms with Crippen LogP contribution >= 0.6 is 23.2 Å². The van der Waals surface area contributed by atoms with Gasteiger partial charge in [0.2, 0.25) is 0 Å². The summed E-state index contributed by atoms with van der Waals surface area (Å²) in [6.07, 6.45) is 1.03. The van der Waals surface area contributed by atoms with Crippen molar-refractivity contribution >= 4 is 29.0 Å². The van der Waals surface area contributed by atoms with Crippen molar-refractivity contribution in [1.29, 1.82) is 0 Å². The summed E-state index contributed by atoms with van der Waals surface area (Å²) in [4.78, 5) is 4.55. The first kappa shape index (κ1) is 16.9. The van der Waals surface area contributed by atoms with E-state index in [4.69, 9.17) is 32.7 Å². The molecule has 3 rings (SSSR count). The average Bonchev–Trinajstić information content (AvgIpc) is 2.61. The predicted octanol–water partition coefficient (Wildman–Crippen LogP) is 4.32. The summed E-state index contributed by atoms with van der Waals surface area (Å²) in [5, 5.41) is 4.49. The van der Waals surface area contributed by atoms with Gasteiger partial charge in [-0.05, 0) is 30.7 Å². The highest BCUT2D eigenvalue weighted by Gasteiger charge is 2.17. The number of benzene rings is 2. The van der Waals surface area contributed by atoms with E-state index in [0.717, 1.165) is 36.5 Å². The maximum atomic E-state index is 6.23. The van der Waals surface area contributed by atoms with Crippen LogP contribution in [0.15, 0.2) is 41.4 Å². The standard InChI is InChI=1S/C18H18Cl2N2O2/c1-23-16-5-2-4-14(18-21-8-3-9-22-18)17(16)24-11-12-6-7-13(19)10-15(12)20/h2,4-7,10H,3,8-9,11H2,1H3,(H,21,22). The summed E-state index contributed by atoms with van der Waals surface area (Å²) in [6, 6.07) is 11.1. The van der Waals surface area contributed by atoms with Crippen molar-refractivity contribution in [3.63, 3.8) is 0 Å². The number of methoxy groups -OCH3 is 1. The van der Waals surface area contributed by atoms with Crippen LogP contribution in [0.4, 0.5) is 0 Å². The summed E-state index contributed by atoms with van der Waals surface area (Å²) in [7, 11) is 1.62. The van der Waals surface area contributed by atoms with Gasteiger partial charge in [-0.25, -0.2) is 0 Å². The van der Waals surface area contributed by atoms with Crippen LogP contribution in [0.5, 0.6) is 11.5 Å². The van der Waals surface area contributed by atoms with Gasteiger partial charge in [0.15, 0.2) is 11.5 Å². The number of ether oxygens (including phenoxy) is 2. The third-order valence-corrected chi connectivity index (χ3v) is 4.33. The van der Waals surface area contributed by atoms with E-state index in [-0.39, 0.29) is 0 Å². The molecule has 0 unspecified atom stereocenters. The topological polar surface area (TPSA) is 42.8 Å². The van der Waals surface area contributed by atoms with Crippen LogP contribution < -0.4 is 14.8 Å². The lowest BCUT2D eigenvalue weighted by Gasteiger charge is -2.19. The molecule has 0 spiro atoms. The lowest BCUT2D eigenvalue weighted by atomic mass is 10.1. The largest absolute Gasteiger partial charge is 0.493 e. The minimum Gasteiger partial charge on any atom is -0.493 e. The fraction of sp³-hybridized carbons (Fsp3) is 0.278. The second-order valence-corrected chi connectivity index (χ2v) is 6.22. The number of nitrogens with one attached hydrogen (secondary N) is 1. The maximum absolute atomic E-state index is 6.23. The van der Waals surface area contributed by atoms with Gasteiger partial charge in [-0.2, -0.15) is 0 Å². The zero-order valence-electron chi connectivity index (χ0n) is 13.3. The smallest absolute Gasteiger partial charge is 0.172 e. The molecule has 1 heterocycles. The molecule has 1 aliphatic heterocycles. The van der Waals surface area contributed by atoms with E-state index in [1.54, 1.807) is 19.2 Å². The van der Waals surface area contributed by atoms with Crippen LogP contribution in [0.3, 0.4) is 0 Å². The van der Waals surface area contributed by atoms with E-state index in [1.807, 2.05) is 24.3 Å². The molecule has 0 aromatic heterocycles. The Bertz CT molecular complexity index is 763. The molecule has 0 radical (unpaired) electrons. The Kier molecular flexibility index (Phi) is 5.48. The number of halogens is 2. The monoisotopic (exact) mass is 364 g/mol. The van der Waals surface area contributed by atoms with Gasteiger partial charge < -0.3 is 14.8 Å². The number of hydrogen-bond donors (Lipinski definition) is 1. The van der Waals surface area contributed by atoms with Crippen LogP contribution in [-0.2, 0) is 6.61 Å². The first-order valence-corrected chi connectivity index (χ1v) is 8.47. The van der Waals surface area contributed by atoms with Crippen LogP contribution in [-0.4, -0.2) is 26.0 Å². The molecule has 0 fully saturated rings. The Hall–Kier alpha value is -1.91. The Labute approximate surface area is 151 Å². The molecule has 4 nitrogen and oxygen atoms in total. The molecule has 0 saturated carbocycles. The van der Waals surface area contributed by atoms with Crippen molar-refractivity contribution < 1.29 is 9.47 Å². The van der Waals surface area contributed by atoms with Gasteiger partial charge in [-0.3, -0.25) is 4.99 Å². The van der Waals surface area contributed by atoms with Gasteiger partial charge in [0.1, 0.15) is 12.4 Å². The van der Waals surface area contributed by atoms with Crippen LogP contribution in [0.25, 0.3) is 0 Å². The van der Waals surface area contributed by atoms with Gasteiger partial charge in [0, 0.05) is 28.7 Å².